The molecule has 1 aliphatic rings. The Kier molecular flexibility index (Phi) is 5.33. The number of imide groups is 1. The molecule has 8 nitrogen and oxygen atoms in total. The summed E-state index contributed by atoms with van der Waals surface area (Å²) in [7, 11) is -2.79. The Hall–Kier alpha value is -4.50. The molecule has 0 radical (unpaired) electrons. The van der Waals surface area contributed by atoms with E-state index in [1.807, 2.05) is 0 Å². The predicted molar refractivity (Wildman–Crippen MR) is 130 cm³/mol. The van der Waals surface area contributed by atoms with Gasteiger partial charge in [0.05, 0.1) is 34.4 Å². The summed E-state index contributed by atoms with van der Waals surface area (Å²) in [4.78, 5) is 38.7. The highest BCUT2D eigenvalue weighted by Crippen LogP contribution is 2.36. The van der Waals surface area contributed by atoms with Crippen molar-refractivity contribution >= 4 is 50.0 Å². The molecule has 1 N–H and O–H groups in total. The van der Waals surface area contributed by atoms with E-state index in [2.05, 4.69) is 9.46 Å². The Labute approximate surface area is 200 Å². The summed E-state index contributed by atoms with van der Waals surface area (Å²) >= 11 is 0. The highest BCUT2D eigenvalue weighted by atomic mass is 32.2. The molecule has 0 atom stereocenters. The SMILES string of the molecule is COC(=O)c1ccc(NS(=O)(=O)c2ccc(N3C(=O)c4ccccc4C3=O)c3ccccc23)cc1. The zero-order chi connectivity index (χ0) is 24.7. The smallest absolute Gasteiger partial charge is 0.337 e. The number of rotatable bonds is 5. The first-order chi connectivity index (χ1) is 16.8. The number of sulfonamides is 1. The molecule has 4 aromatic carbocycles. The van der Waals surface area contributed by atoms with E-state index >= 15 is 0 Å². The molecule has 1 aliphatic heterocycles. The Balaban J connectivity index is 1.55. The third-order valence-corrected chi connectivity index (χ3v) is 7.18. The van der Waals surface area contributed by atoms with Crippen molar-refractivity contribution < 1.29 is 27.5 Å². The molecule has 0 unspecified atom stereocenters. The number of fused-ring (bicyclic) bond motifs is 2. The summed E-state index contributed by atoms with van der Waals surface area (Å²) in [6, 6.07) is 21.9. The normalized spacial score (nSPS) is 13.1. The van der Waals surface area contributed by atoms with Crippen molar-refractivity contribution in [3.8, 4) is 0 Å². The van der Waals surface area contributed by atoms with E-state index < -0.39 is 27.8 Å². The van der Waals surface area contributed by atoms with Crippen LogP contribution in [0.25, 0.3) is 10.8 Å². The Morgan fingerprint density at radius 3 is 1.94 bits per heavy atom. The minimum Gasteiger partial charge on any atom is -0.465 e. The number of carbonyl (C=O) groups is 3. The second-order valence-corrected chi connectivity index (χ2v) is 9.44. The number of carbonyl (C=O) groups excluding carboxylic acids is 3. The summed E-state index contributed by atoms with van der Waals surface area (Å²) in [5.74, 6) is -1.46. The third-order valence-electron chi connectivity index (χ3n) is 5.74. The first-order valence-corrected chi connectivity index (χ1v) is 12.0. The number of hydrogen-bond donors (Lipinski definition) is 1. The first kappa shape index (κ1) is 22.3. The number of ether oxygens (including phenoxy) is 1. The van der Waals surface area contributed by atoms with Gasteiger partial charge < -0.3 is 4.74 Å². The average Bonchev–Trinajstić information content (AvgIpc) is 3.13. The number of nitrogens with one attached hydrogen (secondary N) is 1. The largest absolute Gasteiger partial charge is 0.465 e. The second kappa shape index (κ2) is 8.37. The minimum absolute atomic E-state index is 0.0227. The van der Waals surface area contributed by atoms with E-state index in [9.17, 15) is 22.8 Å². The van der Waals surface area contributed by atoms with Gasteiger partial charge in [0.15, 0.2) is 0 Å². The molecule has 0 spiro atoms. The first-order valence-electron chi connectivity index (χ1n) is 10.5. The maximum atomic E-state index is 13.3. The number of amides is 2. The maximum absolute atomic E-state index is 13.3. The van der Waals surface area contributed by atoms with Gasteiger partial charge in [0.1, 0.15) is 0 Å². The molecule has 5 rings (SSSR count). The molecule has 0 fully saturated rings. The summed E-state index contributed by atoms with van der Waals surface area (Å²) < 4.78 is 33.7. The van der Waals surface area contributed by atoms with Crippen LogP contribution in [0.2, 0.25) is 0 Å². The van der Waals surface area contributed by atoms with Gasteiger partial charge in [-0.1, -0.05) is 36.4 Å². The summed E-state index contributed by atoms with van der Waals surface area (Å²) in [5.41, 5.74) is 1.44. The summed E-state index contributed by atoms with van der Waals surface area (Å²) in [5, 5.41) is 0.783. The van der Waals surface area contributed by atoms with Gasteiger partial charge in [-0.25, -0.2) is 18.1 Å². The molecule has 174 valence electrons. The van der Waals surface area contributed by atoms with Crippen LogP contribution in [0.3, 0.4) is 0 Å². The van der Waals surface area contributed by atoms with Crippen LogP contribution >= 0.6 is 0 Å². The summed E-state index contributed by atoms with van der Waals surface area (Å²) in [6.45, 7) is 0. The lowest BCUT2D eigenvalue weighted by molar-refractivity contribution is 0.0600. The molecular formula is C26H18N2O6S. The van der Waals surface area contributed by atoms with E-state index in [0.717, 1.165) is 4.90 Å². The molecule has 9 heteroatoms. The van der Waals surface area contributed by atoms with Crippen LogP contribution < -0.4 is 9.62 Å². The fourth-order valence-electron chi connectivity index (χ4n) is 4.10. The van der Waals surface area contributed by atoms with Gasteiger partial charge in [-0.15, -0.1) is 0 Å². The molecule has 0 saturated carbocycles. The molecule has 1 heterocycles. The number of nitrogens with zero attached hydrogens (tertiary/aromatic N) is 1. The fourth-order valence-corrected chi connectivity index (χ4v) is 5.37. The molecule has 0 saturated heterocycles. The van der Waals surface area contributed by atoms with E-state index in [4.69, 9.17) is 0 Å². The highest BCUT2D eigenvalue weighted by molar-refractivity contribution is 7.93. The fraction of sp³-hybridized carbons (Fsp3) is 0.0385. The maximum Gasteiger partial charge on any atom is 0.337 e. The standard InChI is InChI=1S/C26H18N2O6S/c1-34-26(31)16-10-12-17(13-11-16)27-35(32,33)23-15-14-22(18-6-2-3-7-19(18)23)28-24(29)20-8-4-5-9-21(20)25(28)30/h2-15,27H,1H3. The van der Waals surface area contributed by atoms with Crippen molar-refractivity contribution in [1.82, 2.24) is 0 Å². The lowest BCUT2D eigenvalue weighted by atomic mass is 10.1. The highest BCUT2D eigenvalue weighted by Gasteiger charge is 2.37. The molecule has 4 aromatic rings. The van der Waals surface area contributed by atoms with Crippen LogP contribution in [0, 0.1) is 0 Å². The van der Waals surface area contributed by atoms with Gasteiger partial charge in [-0.2, -0.15) is 0 Å². The molecule has 0 aliphatic carbocycles. The van der Waals surface area contributed by atoms with Gasteiger partial charge in [0.2, 0.25) is 0 Å². The van der Waals surface area contributed by atoms with Crippen molar-refractivity contribution in [2.75, 3.05) is 16.7 Å². The van der Waals surface area contributed by atoms with Gasteiger partial charge in [-0.3, -0.25) is 14.3 Å². The van der Waals surface area contributed by atoms with E-state index in [0.29, 0.717) is 27.6 Å². The number of benzene rings is 4. The monoisotopic (exact) mass is 486 g/mol. The lowest BCUT2D eigenvalue weighted by Gasteiger charge is -2.18. The number of methoxy groups -OCH3 is 1. The van der Waals surface area contributed by atoms with Crippen LogP contribution in [0.4, 0.5) is 11.4 Å². The Morgan fingerprint density at radius 1 is 0.771 bits per heavy atom. The zero-order valence-electron chi connectivity index (χ0n) is 18.4. The van der Waals surface area contributed by atoms with Gasteiger partial charge in [-0.05, 0) is 48.5 Å². The average molecular weight is 487 g/mol. The van der Waals surface area contributed by atoms with Crippen LogP contribution in [0.1, 0.15) is 31.1 Å². The van der Waals surface area contributed by atoms with Gasteiger partial charge >= 0.3 is 5.97 Å². The Morgan fingerprint density at radius 2 is 1.34 bits per heavy atom. The van der Waals surface area contributed by atoms with Gasteiger partial charge in [0, 0.05) is 16.5 Å². The third kappa shape index (κ3) is 3.71. The zero-order valence-corrected chi connectivity index (χ0v) is 19.2. The van der Waals surface area contributed by atoms with E-state index in [1.165, 1.54) is 43.5 Å². The molecule has 2 amide bonds. The topological polar surface area (TPSA) is 110 Å². The van der Waals surface area contributed by atoms with Crippen molar-refractivity contribution in [1.29, 1.82) is 0 Å². The number of anilines is 2. The predicted octanol–water partition coefficient (Wildman–Crippen LogP) is 4.23. The van der Waals surface area contributed by atoms with Crippen molar-refractivity contribution in [2.45, 2.75) is 4.90 Å². The van der Waals surface area contributed by atoms with Crippen molar-refractivity contribution in [3.63, 3.8) is 0 Å². The molecule has 35 heavy (non-hydrogen) atoms. The lowest BCUT2D eigenvalue weighted by Crippen LogP contribution is -2.29. The minimum atomic E-state index is -4.05. The molecule has 0 bridgehead atoms. The second-order valence-electron chi connectivity index (χ2n) is 7.79. The van der Waals surface area contributed by atoms with Crippen molar-refractivity contribution in [3.05, 3.63) is 102 Å². The van der Waals surface area contributed by atoms with Crippen LogP contribution in [-0.2, 0) is 14.8 Å². The van der Waals surface area contributed by atoms with Crippen LogP contribution in [0.15, 0.2) is 89.8 Å². The number of hydrogen-bond acceptors (Lipinski definition) is 6. The van der Waals surface area contributed by atoms with Crippen molar-refractivity contribution in [2.24, 2.45) is 0 Å². The van der Waals surface area contributed by atoms with E-state index in [-0.39, 0.29) is 16.1 Å². The Bertz CT molecular complexity index is 1590. The van der Waals surface area contributed by atoms with E-state index in [1.54, 1.807) is 48.5 Å². The van der Waals surface area contributed by atoms with Gasteiger partial charge in [0.25, 0.3) is 21.8 Å². The van der Waals surface area contributed by atoms with Crippen LogP contribution in [-0.4, -0.2) is 33.3 Å². The molecule has 0 aromatic heterocycles. The quantitative estimate of drug-likeness (QED) is 0.334. The number of esters is 1. The van der Waals surface area contributed by atoms with Crippen LogP contribution in [0.5, 0.6) is 0 Å². The molecular weight excluding hydrogens is 468 g/mol. The summed E-state index contributed by atoms with van der Waals surface area (Å²) in [6.07, 6.45) is 0.